The van der Waals surface area contributed by atoms with Crippen LogP contribution in [0.25, 0.3) is 0 Å². The van der Waals surface area contributed by atoms with Gasteiger partial charge in [0.05, 0.1) is 23.0 Å². The second-order valence-corrected chi connectivity index (χ2v) is 7.85. The van der Waals surface area contributed by atoms with Crippen molar-refractivity contribution in [3.63, 3.8) is 0 Å². The molecule has 1 fully saturated rings. The normalized spacial score (nSPS) is 17.5. The second kappa shape index (κ2) is 9.32. The maximum Gasteiger partial charge on any atom is 0.240 e. The Morgan fingerprint density at radius 1 is 1.25 bits per heavy atom. The average molecular weight is 438 g/mol. The second-order valence-electron chi connectivity index (χ2n) is 5.82. The first kappa shape index (κ1) is 20.5. The van der Waals surface area contributed by atoms with Crippen molar-refractivity contribution >= 4 is 63.3 Å². The molecule has 0 radical (unpaired) electrons. The smallest absolute Gasteiger partial charge is 0.240 e. The standard InChI is InChI=1S/C19H17Cl2N3O3S/c1-2-27-13-6-4-12(5-7-13)22-19-24-18(26)16(28-19)10-17(25)23-15-8-3-11(20)9-14(15)21/h3-9,16H,2,10H2,1H3,(H,23,25)(H,22,24,26)/t16-/m0/s1. The first-order valence-corrected chi connectivity index (χ1v) is 10.1. The van der Waals surface area contributed by atoms with Gasteiger partial charge >= 0.3 is 0 Å². The molecule has 1 atom stereocenters. The molecule has 2 amide bonds. The molecule has 1 heterocycles. The number of carbonyl (C=O) groups excluding carboxylic acids is 2. The minimum atomic E-state index is -0.562. The number of carbonyl (C=O) groups is 2. The number of hydrogen-bond acceptors (Lipinski definition) is 5. The maximum atomic E-state index is 12.3. The van der Waals surface area contributed by atoms with Gasteiger partial charge < -0.3 is 15.4 Å². The van der Waals surface area contributed by atoms with Crippen molar-refractivity contribution in [2.24, 2.45) is 4.99 Å². The van der Waals surface area contributed by atoms with E-state index in [4.69, 9.17) is 27.9 Å². The third-order valence-corrected chi connectivity index (χ3v) is 5.36. The van der Waals surface area contributed by atoms with E-state index in [0.29, 0.717) is 33.2 Å². The van der Waals surface area contributed by atoms with Crippen LogP contribution in [0.2, 0.25) is 10.0 Å². The molecule has 0 spiro atoms. The summed E-state index contributed by atoms with van der Waals surface area (Å²) < 4.78 is 5.39. The molecule has 6 nitrogen and oxygen atoms in total. The number of aliphatic imine (C=N–C) groups is 1. The van der Waals surface area contributed by atoms with Gasteiger partial charge in [-0.1, -0.05) is 35.0 Å². The zero-order valence-electron chi connectivity index (χ0n) is 14.9. The summed E-state index contributed by atoms with van der Waals surface area (Å²) in [5.41, 5.74) is 1.13. The molecule has 28 heavy (non-hydrogen) atoms. The molecule has 2 aromatic rings. The minimum absolute atomic E-state index is 0.00223. The van der Waals surface area contributed by atoms with E-state index < -0.39 is 5.25 Å². The van der Waals surface area contributed by atoms with Crippen LogP contribution < -0.4 is 15.4 Å². The number of amides is 2. The molecule has 1 aliphatic heterocycles. The Kier molecular flexibility index (Phi) is 6.83. The summed E-state index contributed by atoms with van der Waals surface area (Å²) in [5, 5.41) is 6.09. The number of hydrogen-bond donors (Lipinski definition) is 2. The number of benzene rings is 2. The lowest BCUT2D eigenvalue weighted by Crippen LogP contribution is -2.28. The molecule has 2 aromatic carbocycles. The molecule has 0 bridgehead atoms. The van der Waals surface area contributed by atoms with E-state index in [1.807, 2.05) is 19.1 Å². The van der Waals surface area contributed by atoms with Gasteiger partial charge in [-0.2, -0.15) is 0 Å². The summed E-state index contributed by atoms with van der Waals surface area (Å²) in [4.78, 5) is 28.8. The summed E-state index contributed by atoms with van der Waals surface area (Å²) in [5.74, 6) is 0.177. The van der Waals surface area contributed by atoms with Crippen LogP contribution in [0.15, 0.2) is 47.5 Å². The van der Waals surface area contributed by atoms with Gasteiger partial charge in [-0.05, 0) is 49.4 Å². The van der Waals surface area contributed by atoms with E-state index in [2.05, 4.69) is 15.6 Å². The Labute approximate surface area is 176 Å². The van der Waals surface area contributed by atoms with Crippen LogP contribution in [0.4, 0.5) is 11.4 Å². The van der Waals surface area contributed by atoms with Gasteiger partial charge in [0.2, 0.25) is 11.8 Å². The number of ether oxygens (including phenoxy) is 1. The highest BCUT2D eigenvalue weighted by Crippen LogP contribution is 2.28. The molecule has 0 aromatic heterocycles. The average Bonchev–Trinajstić information content (AvgIpc) is 2.98. The molecular formula is C19H17Cl2N3O3S. The number of anilines is 1. The highest BCUT2D eigenvalue weighted by molar-refractivity contribution is 8.15. The highest BCUT2D eigenvalue weighted by Gasteiger charge is 2.32. The van der Waals surface area contributed by atoms with Gasteiger partial charge in [-0.15, -0.1) is 0 Å². The van der Waals surface area contributed by atoms with E-state index in [0.717, 1.165) is 5.75 Å². The van der Waals surface area contributed by atoms with Crippen LogP contribution in [-0.2, 0) is 9.59 Å². The highest BCUT2D eigenvalue weighted by atomic mass is 35.5. The minimum Gasteiger partial charge on any atom is -0.494 e. The van der Waals surface area contributed by atoms with Crippen LogP contribution in [0.1, 0.15) is 13.3 Å². The van der Waals surface area contributed by atoms with Crippen molar-refractivity contribution in [3.05, 3.63) is 52.5 Å². The van der Waals surface area contributed by atoms with Crippen LogP contribution in [0.5, 0.6) is 5.75 Å². The van der Waals surface area contributed by atoms with Gasteiger partial charge in [0.1, 0.15) is 11.0 Å². The van der Waals surface area contributed by atoms with Gasteiger partial charge in [0.15, 0.2) is 5.17 Å². The quantitative estimate of drug-likeness (QED) is 0.689. The summed E-state index contributed by atoms with van der Waals surface area (Å²) in [6.07, 6.45) is -0.00223. The molecule has 0 saturated carbocycles. The topological polar surface area (TPSA) is 79.8 Å². The first-order valence-electron chi connectivity index (χ1n) is 8.48. The number of thioether (sulfide) groups is 1. The predicted molar refractivity (Wildman–Crippen MR) is 114 cm³/mol. The SMILES string of the molecule is CCOc1ccc(N=C2NC(=O)[C@H](CC(=O)Nc3ccc(Cl)cc3Cl)S2)cc1. The summed E-state index contributed by atoms with van der Waals surface area (Å²) in [7, 11) is 0. The van der Waals surface area contributed by atoms with Crippen molar-refractivity contribution in [1.82, 2.24) is 5.32 Å². The fourth-order valence-electron chi connectivity index (χ4n) is 2.45. The Balaban J connectivity index is 1.60. The molecule has 1 aliphatic rings. The molecule has 3 rings (SSSR count). The fourth-order valence-corrected chi connectivity index (χ4v) is 3.90. The summed E-state index contributed by atoms with van der Waals surface area (Å²) in [6, 6.07) is 12.0. The number of nitrogens with one attached hydrogen (secondary N) is 2. The third-order valence-electron chi connectivity index (χ3n) is 3.73. The molecule has 9 heteroatoms. The van der Waals surface area contributed by atoms with E-state index >= 15 is 0 Å². The van der Waals surface area contributed by atoms with Crippen molar-refractivity contribution in [2.45, 2.75) is 18.6 Å². The number of amidine groups is 1. The van der Waals surface area contributed by atoms with E-state index in [9.17, 15) is 9.59 Å². The Bertz CT molecular complexity index is 919. The van der Waals surface area contributed by atoms with Gasteiger partial charge in [0, 0.05) is 11.4 Å². The number of halogens is 2. The lowest BCUT2D eigenvalue weighted by atomic mass is 10.2. The molecule has 0 unspecified atom stereocenters. The zero-order valence-corrected chi connectivity index (χ0v) is 17.2. The van der Waals surface area contributed by atoms with Crippen molar-refractivity contribution in [2.75, 3.05) is 11.9 Å². The molecule has 146 valence electrons. The van der Waals surface area contributed by atoms with Gasteiger partial charge in [-0.25, -0.2) is 4.99 Å². The van der Waals surface area contributed by atoms with Crippen molar-refractivity contribution < 1.29 is 14.3 Å². The van der Waals surface area contributed by atoms with E-state index in [-0.39, 0.29) is 18.2 Å². The summed E-state index contributed by atoms with van der Waals surface area (Å²) >= 11 is 13.1. The molecule has 0 aliphatic carbocycles. The van der Waals surface area contributed by atoms with E-state index in [1.54, 1.807) is 24.3 Å². The Morgan fingerprint density at radius 3 is 2.68 bits per heavy atom. The lowest BCUT2D eigenvalue weighted by Gasteiger charge is -2.09. The Morgan fingerprint density at radius 2 is 2.00 bits per heavy atom. The lowest BCUT2D eigenvalue weighted by molar-refractivity contribution is -0.122. The third kappa shape index (κ3) is 5.41. The zero-order chi connectivity index (χ0) is 20.1. The molecule has 2 N–H and O–H groups in total. The number of nitrogens with zero attached hydrogens (tertiary/aromatic N) is 1. The monoisotopic (exact) mass is 437 g/mol. The van der Waals surface area contributed by atoms with Gasteiger partial charge in [-0.3, -0.25) is 9.59 Å². The maximum absolute atomic E-state index is 12.3. The van der Waals surface area contributed by atoms with Gasteiger partial charge in [0.25, 0.3) is 0 Å². The Hall–Kier alpha value is -2.22. The van der Waals surface area contributed by atoms with E-state index in [1.165, 1.54) is 17.8 Å². The fraction of sp³-hybridized carbons (Fsp3) is 0.211. The largest absolute Gasteiger partial charge is 0.494 e. The number of rotatable bonds is 6. The summed E-state index contributed by atoms with van der Waals surface area (Å²) in [6.45, 7) is 2.50. The first-order chi connectivity index (χ1) is 13.4. The van der Waals surface area contributed by atoms with Crippen LogP contribution in [0, 0.1) is 0 Å². The van der Waals surface area contributed by atoms with Crippen molar-refractivity contribution in [3.8, 4) is 5.75 Å². The molecular weight excluding hydrogens is 421 g/mol. The predicted octanol–water partition coefficient (Wildman–Crippen LogP) is 4.64. The van der Waals surface area contributed by atoms with Crippen LogP contribution in [-0.4, -0.2) is 28.8 Å². The molecule has 1 saturated heterocycles. The van der Waals surface area contributed by atoms with Crippen LogP contribution in [0.3, 0.4) is 0 Å². The van der Waals surface area contributed by atoms with Crippen molar-refractivity contribution in [1.29, 1.82) is 0 Å². The van der Waals surface area contributed by atoms with Crippen LogP contribution >= 0.6 is 35.0 Å².